The highest BCUT2D eigenvalue weighted by molar-refractivity contribution is 7.80. The van der Waals surface area contributed by atoms with Crippen LogP contribution in [0.3, 0.4) is 0 Å². The summed E-state index contributed by atoms with van der Waals surface area (Å²) in [4.78, 5) is 2.68. The predicted octanol–water partition coefficient (Wildman–Crippen LogP) is 2.52. The summed E-state index contributed by atoms with van der Waals surface area (Å²) in [6.07, 6.45) is 2.27. The Labute approximate surface area is 125 Å². The summed E-state index contributed by atoms with van der Waals surface area (Å²) in [6.45, 7) is 4.32. The lowest BCUT2D eigenvalue weighted by atomic mass is 10.0. The zero-order chi connectivity index (χ0) is 14.5. The van der Waals surface area contributed by atoms with Crippen LogP contribution in [-0.4, -0.2) is 36.7 Å². The molecule has 1 aliphatic rings. The minimum absolute atomic E-state index is 0.0626. The number of rotatable bonds is 6. The SMILES string of the molecule is CCCCN(C)C(C(N)=S)c1ccc2c(c1)OCCO2. The Morgan fingerprint density at radius 2 is 2.05 bits per heavy atom. The van der Waals surface area contributed by atoms with Crippen LogP contribution in [0, 0.1) is 0 Å². The van der Waals surface area contributed by atoms with E-state index in [0.29, 0.717) is 18.2 Å². The van der Waals surface area contributed by atoms with E-state index in [2.05, 4.69) is 18.9 Å². The summed E-state index contributed by atoms with van der Waals surface area (Å²) >= 11 is 5.24. The Bertz CT molecular complexity index is 479. The Morgan fingerprint density at radius 1 is 1.35 bits per heavy atom. The average Bonchev–Trinajstić information content (AvgIpc) is 2.44. The van der Waals surface area contributed by atoms with Gasteiger partial charge in [-0.3, -0.25) is 4.90 Å². The molecule has 1 aromatic carbocycles. The topological polar surface area (TPSA) is 47.7 Å². The molecule has 5 heteroatoms. The second-order valence-corrected chi connectivity index (χ2v) is 5.51. The van der Waals surface area contributed by atoms with Gasteiger partial charge in [0, 0.05) is 0 Å². The number of hydrogen-bond donors (Lipinski definition) is 1. The zero-order valence-corrected chi connectivity index (χ0v) is 12.9. The quantitative estimate of drug-likeness (QED) is 0.817. The molecule has 0 radical (unpaired) electrons. The van der Waals surface area contributed by atoms with Gasteiger partial charge in [0.05, 0.1) is 11.0 Å². The van der Waals surface area contributed by atoms with Crippen LogP contribution in [0.5, 0.6) is 11.5 Å². The number of benzene rings is 1. The zero-order valence-electron chi connectivity index (χ0n) is 12.1. The third-order valence-corrected chi connectivity index (χ3v) is 3.68. The minimum atomic E-state index is -0.0626. The molecule has 0 bridgehead atoms. The monoisotopic (exact) mass is 294 g/mol. The van der Waals surface area contributed by atoms with E-state index in [4.69, 9.17) is 27.4 Å². The molecule has 0 saturated heterocycles. The molecule has 2 rings (SSSR count). The van der Waals surface area contributed by atoms with Gasteiger partial charge in [-0.05, 0) is 37.7 Å². The van der Waals surface area contributed by atoms with E-state index in [1.807, 2.05) is 18.2 Å². The van der Waals surface area contributed by atoms with Crippen molar-refractivity contribution in [2.75, 3.05) is 26.8 Å². The summed E-state index contributed by atoms with van der Waals surface area (Å²) in [5, 5.41) is 0. The van der Waals surface area contributed by atoms with Crippen LogP contribution >= 0.6 is 12.2 Å². The largest absolute Gasteiger partial charge is 0.486 e. The van der Waals surface area contributed by atoms with Crippen molar-refractivity contribution in [3.63, 3.8) is 0 Å². The molecule has 0 aromatic heterocycles. The summed E-state index contributed by atoms with van der Waals surface area (Å²) in [7, 11) is 2.05. The van der Waals surface area contributed by atoms with Crippen molar-refractivity contribution in [1.82, 2.24) is 4.90 Å². The number of likely N-dealkylation sites (N-methyl/N-ethyl adjacent to an activating group) is 1. The smallest absolute Gasteiger partial charge is 0.161 e. The van der Waals surface area contributed by atoms with Gasteiger partial charge in [0.1, 0.15) is 13.2 Å². The van der Waals surface area contributed by atoms with Crippen molar-refractivity contribution in [2.45, 2.75) is 25.8 Å². The fraction of sp³-hybridized carbons (Fsp3) is 0.533. The lowest BCUT2D eigenvalue weighted by molar-refractivity contribution is 0.171. The lowest BCUT2D eigenvalue weighted by Crippen LogP contribution is -2.34. The number of hydrogen-bond acceptors (Lipinski definition) is 4. The molecule has 1 aromatic rings. The van der Waals surface area contributed by atoms with Crippen molar-refractivity contribution < 1.29 is 9.47 Å². The van der Waals surface area contributed by atoms with Crippen molar-refractivity contribution >= 4 is 17.2 Å². The first-order valence-corrected chi connectivity index (χ1v) is 7.43. The third kappa shape index (κ3) is 3.41. The molecule has 1 heterocycles. The van der Waals surface area contributed by atoms with Gasteiger partial charge in [-0.15, -0.1) is 0 Å². The van der Waals surface area contributed by atoms with Crippen molar-refractivity contribution in [3.05, 3.63) is 23.8 Å². The van der Waals surface area contributed by atoms with Crippen molar-refractivity contribution in [3.8, 4) is 11.5 Å². The van der Waals surface area contributed by atoms with Gasteiger partial charge in [0.2, 0.25) is 0 Å². The van der Waals surface area contributed by atoms with E-state index in [0.717, 1.165) is 36.4 Å². The van der Waals surface area contributed by atoms with E-state index in [1.165, 1.54) is 0 Å². The van der Waals surface area contributed by atoms with Gasteiger partial charge < -0.3 is 15.2 Å². The van der Waals surface area contributed by atoms with Gasteiger partial charge in [0.25, 0.3) is 0 Å². The Hall–Kier alpha value is -1.33. The molecular formula is C15H22N2O2S. The molecule has 110 valence electrons. The number of nitrogens with zero attached hydrogens (tertiary/aromatic N) is 1. The van der Waals surface area contributed by atoms with Gasteiger partial charge >= 0.3 is 0 Å². The van der Waals surface area contributed by atoms with E-state index in [9.17, 15) is 0 Å². The standard InChI is InChI=1S/C15H22N2O2S/c1-3-4-7-17(2)14(15(16)20)11-5-6-12-13(10-11)19-9-8-18-12/h5-6,10,14H,3-4,7-9H2,1-2H3,(H2,16,20). The number of thiocarbonyl (C=S) groups is 1. The van der Waals surface area contributed by atoms with Crippen LogP contribution in [-0.2, 0) is 0 Å². The Kier molecular flexibility index (Phi) is 5.20. The average molecular weight is 294 g/mol. The van der Waals surface area contributed by atoms with E-state index >= 15 is 0 Å². The van der Waals surface area contributed by atoms with E-state index in [-0.39, 0.29) is 6.04 Å². The van der Waals surface area contributed by atoms with Gasteiger partial charge in [-0.1, -0.05) is 31.6 Å². The molecule has 0 amide bonds. The highest BCUT2D eigenvalue weighted by Gasteiger charge is 2.22. The fourth-order valence-electron chi connectivity index (χ4n) is 2.40. The number of unbranched alkanes of at least 4 members (excludes halogenated alkanes) is 1. The molecule has 1 unspecified atom stereocenters. The second-order valence-electron chi connectivity index (χ2n) is 5.04. The van der Waals surface area contributed by atoms with Crippen LogP contribution < -0.4 is 15.2 Å². The molecular weight excluding hydrogens is 272 g/mol. The van der Waals surface area contributed by atoms with E-state index < -0.39 is 0 Å². The molecule has 0 saturated carbocycles. The molecule has 4 nitrogen and oxygen atoms in total. The molecule has 0 spiro atoms. The maximum atomic E-state index is 5.94. The minimum Gasteiger partial charge on any atom is -0.486 e. The normalized spacial score (nSPS) is 15.2. The summed E-state index contributed by atoms with van der Waals surface area (Å²) in [5.41, 5.74) is 6.99. The summed E-state index contributed by atoms with van der Waals surface area (Å²) < 4.78 is 11.2. The first-order chi connectivity index (χ1) is 9.63. The number of nitrogens with two attached hydrogens (primary N) is 1. The molecule has 20 heavy (non-hydrogen) atoms. The van der Waals surface area contributed by atoms with Crippen LogP contribution in [0.1, 0.15) is 31.4 Å². The van der Waals surface area contributed by atoms with E-state index in [1.54, 1.807) is 0 Å². The first kappa shape index (κ1) is 15.1. The molecule has 0 aliphatic carbocycles. The van der Waals surface area contributed by atoms with Crippen molar-refractivity contribution in [2.24, 2.45) is 5.73 Å². The number of ether oxygens (including phenoxy) is 2. The van der Waals surface area contributed by atoms with Crippen molar-refractivity contribution in [1.29, 1.82) is 0 Å². The summed E-state index contributed by atoms with van der Waals surface area (Å²) in [5.74, 6) is 1.57. The highest BCUT2D eigenvalue weighted by Crippen LogP contribution is 2.34. The van der Waals surface area contributed by atoms with Crippen LogP contribution in [0.2, 0.25) is 0 Å². The van der Waals surface area contributed by atoms with Crippen LogP contribution in [0.15, 0.2) is 18.2 Å². The first-order valence-electron chi connectivity index (χ1n) is 7.02. The molecule has 2 N–H and O–H groups in total. The maximum Gasteiger partial charge on any atom is 0.161 e. The lowest BCUT2D eigenvalue weighted by Gasteiger charge is -2.28. The van der Waals surface area contributed by atoms with Crippen LogP contribution in [0.25, 0.3) is 0 Å². The van der Waals surface area contributed by atoms with Gasteiger partial charge in [-0.25, -0.2) is 0 Å². The van der Waals surface area contributed by atoms with Crippen LogP contribution in [0.4, 0.5) is 0 Å². The molecule has 1 aliphatic heterocycles. The fourth-order valence-corrected chi connectivity index (χ4v) is 2.72. The Morgan fingerprint density at radius 3 is 2.70 bits per heavy atom. The van der Waals surface area contributed by atoms with Gasteiger partial charge in [0.15, 0.2) is 11.5 Å². The predicted molar refractivity (Wildman–Crippen MR) is 84.5 cm³/mol. The number of fused-ring (bicyclic) bond motifs is 1. The Balaban J connectivity index is 2.22. The second kappa shape index (κ2) is 6.90. The molecule has 0 fully saturated rings. The third-order valence-electron chi connectivity index (χ3n) is 3.46. The summed E-state index contributed by atoms with van der Waals surface area (Å²) in [6, 6.07) is 5.87. The molecule has 1 atom stereocenters. The highest BCUT2D eigenvalue weighted by atomic mass is 32.1. The maximum absolute atomic E-state index is 5.94. The van der Waals surface area contributed by atoms with Gasteiger partial charge in [-0.2, -0.15) is 0 Å².